The van der Waals surface area contributed by atoms with Crippen LogP contribution in [0.15, 0.2) is 36.5 Å². The Morgan fingerprint density at radius 3 is 2.67 bits per heavy atom. The predicted molar refractivity (Wildman–Crippen MR) is 109 cm³/mol. The van der Waals surface area contributed by atoms with Crippen LogP contribution in [0.2, 0.25) is 10.0 Å². The number of hydrogen-bond donors (Lipinski definition) is 1. The molecule has 1 aromatic heterocycles. The van der Waals surface area contributed by atoms with E-state index in [0.29, 0.717) is 22.3 Å². The van der Waals surface area contributed by atoms with Gasteiger partial charge in [0.25, 0.3) is 5.91 Å². The van der Waals surface area contributed by atoms with Crippen molar-refractivity contribution < 1.29 is 9.53 Å². The van der Waals surface area contributed by atoms with Crippen molar-refractivity contribution in [2.45, 2.75) is 26.3 Å². The second-order valence-electron chi connectivity index (χ2n) is 6.84. The molecule has 5 nitrogen and oxygen atoms in total. The number of anilines is 1. The molecule has 0 unspecified atom stereocenters. The van der Waals surface area contributed by atoms with E-state index in [1.165, 1.54) is 12.8 Å². The number of ether oxygens (including phenoxy) is 1. The number of nitrogens with zero attached hydrogens (tertiary/aromatic N) is 2. The van der Waals surface area contributed by atoms with Crippen LogP contribution in [0.1, 0.15) is 25.3 Å². The number of carbonyl (C=O) groups is 1. The molecule has 1 aliphatic rings. The van der Waals surface area contributed by atoms with Gasteiger partial charge in [0.2, 0.25) is 0 Å². The summed E-state index contributed by atoms with van der Waals surface area (Å²) in [5.74, 6) is 2.08. The first-order valence-corrected chi connectivity index (χ1v) is 9.81. The Morgan fingerprint density at radius 1 is 1.22 bits per heavy atom. The highest BCUT2D eigenvalue weighted by atomic mass is 35.5. The van der Waals surface area contributed by atoms with Crippen molar-refractivity contribution in [3.63, 3.8) is 0 Å². The van der Waals surface area contributed by atoms with Crippen molar-refractivity contribution in [3.05, 3.63) is 52.1 Å². The first-order valence-electron chi connectivity index (χ1n) is 9.05. The summed E-state index contributed by atoms with van der Waals surface area (Å²) in [6, 6.07) is 8.91. The number of benzene rings is 1. The smallest absolute Gasteiger partial charge is 0.258 e. The van der Waals surface area contributed by atoms with Crippen molar-refractivity contribution in [2.24, 2.45) is 5.92 Å². The largest absolute Gasteiger partial charge is 0.484 e. The summed E-state index contributed by atoms with van der Waals surface area (Å²) in [4.78, 5) is 18.8. The number of aromatic nitrogens is 1. The van der Waals surface area contributed by atoms with Crippen LogP contribution in [0.4, 0.5) is 5.82 Å². The zero-order valence-electron chi connectivity index (χ0n) is 15.3. The minimum atomic E-state index is -0.213. The molecule has 1 N–H and O–H groups in total. The van der Waals surface area contributed by atoms with Gasteiger partial charge in [-0.3, -0.25) is 4.79 Å². The molecule has 3 rings (SSSR count). The molecule has 2 aromatic rings. The third-order valence-corrected chi connectivity index (χ3v) is 5.41. The van der Waals surface area contributed by atoms with E-state index in [-0.39, 0.29) is 12.5 Å². The number of hydrogen-bond acceptors (Lipinski definition) is 4. The lowest BCUT2D eigenvalue weighted by Crippen LogP contribution is -2.33. The number of carbonyl (C=O) groups excluding carboxylic acids is 1. The highest BCUT2D eigenvalue weighted by molar-refractivity contribution is 6.42. The van der Waals surface area contributed by atoms with Gasteiger partial charge in [0.1, 0.15) is 11.6 Å². The van der Waals surface area contributed by atoms with Gasteiger partial charge in [-0.25, -0.2) is 4.98 Å². The lowest BCUT2D eigenvalue weighted by atomic mass is 9.99. The fraction of sp³-hybridized carbons (Fsp3) is 0.400. The van der Waals surface area contributed by atoms with Gasteiger partial charge in [-0.2, -0.15) is 0 Å². The van der Waals surface area contributed by atoms with Gasteiger partial charge < -0.3 is 15.0 Å². The molecule has 0 radical (unpaired) electrons. The molecule has 1 fully saturated rings. The molecule has 1 saturated heterocycles. The zero-order valence-corrected chi connectivity index (χ0v) is 16.8. The molecule has 2 heterocycles. The zero-order chi connectivity index (χ0) is 19.2. The van der Waals surface area contributed by atoms with Crippen molar-refractivity contribution in [1.82, 2.24) is 10.3 Å². The standard InChI is InChI=1S/C20H23Cl2N3O2/c1-14-6-8-25(9-7-14)19-5-2-15(11-23-19)12-24-20(26)13-27-16-3-4-17(21)18(22)10-16/h2-5,10-11,14H,6-9,12-13H2,1H3,(H,24,26). The molecule has 27 heavy (non-hydrogen) atoms. The third-order valence-electron chi connectivity index (χ3n) is 4.67. The first kappa shape index (κ1) is 19.8. The van der Waals surface area contributed by atoms with Gasteiger partial charge in [0, 0.05) is 31.9 Å². The van der Waals surface area contributed by atoms with E-state index in [0.717, 1.165) is 30.4 Å². The molecule has 0 saturated carbocycles. The van der Waals surface area contributed by atoms with Crippen LogP contribution in [-0.4, -0.2) is 30.6 Å². The number of nitrogens with one attached hydrogen (secondary N) is 1. The highest BCUT2D eigenvalue weighted by Gasteiger charge is 2.16. The molecule has 7 heteroatoms. The van der Waals surface area contributed by atoms with E-state index in [4.69, 9.17) is 27.9 Å². The fourth-order valence-corrected chi connectivity index (χ4v) is 3.20. The van der Waals surface area contributed by atoms with Crippen LogP contribution in [-0.2, 0) is 11.3 Å². The molecule has 144 valence electrons. The van der Waals surface area contributed by atoms with E-state index < -0.39 is 0 Å². The molecule has 1 amide bonds. The average molecular weight is 408 g/mol. The molecular weight excluding hydrogens is 385 g/mol. The Labute approximate surface area is 169 Å². The lowest BCUT2D eigenvalue weighted by Gasteiger charge is -2.31. The van der Waals surface area contributed by atoms with Crippen molar-refractivity contribution in [3.8, 4) is 5.75 Å². The maximum absolute atomic E-state index is 12.0. The van der Waals surface area contributed by atoms with Gasteiger partial charge in [0.05, 0.1) is 10.0 Å². The summed E-state index contributed by atoms with van der Waals surface area (Å²) in [6.45, 7) is 4.72. The van der Waals surface area contributed by atoms with Crippen LogP contribution in [0.3, 0.4) is 0 Å². The Bertz CT molecular complexity index is 775. The molecule has 0 atom stereocenters. The topological polar surface area (TPSA) is 54.5 Å². The summed E-state index contributed by atoms with van der Waals surface area (Å²) >= 11 is 11.8. The van der Waals surface area contributed by atoms with E-state index in [1.807, 2.05) is 18.3 Å². The number of piperidine rings is 1. The van der Waals surface area contributed by atoms with E-state index >= 15 is 0 Å². The molecule has 0 aliphatic carbocycles. The number of amides is 1. The Morgan fingerprint density at radius 2 is 2.00 bits per heavy atom. The van der Waals surface area contributed by atoms with Crippen LogP contribution in [0.25, 0.3) is 0 Å². The number of pyridine rings is 1. The molecule has 1 aromatic carbocycles. The van der Waals surface area contributed by atoms with Crippen molar-refractivity contribution in [1.29, 1.82) is 0 Å². The minimum absolute atomic E-state index is 0.0879. The van der Waals surface area contributed by atoms with Gasteiger partial charge >= 0.3 is 0 Å². The monoisotopic (exact) mass is 407 g/mol. The molecule has 0 spiro atoms. The Balaban J connectivity index is 1.43. The average Bonchev–Trinajstić information content (AvgIpc) is 2.68. The van der Waals surface area contributed by atoms with Gasteiger partial charge in [-0.15, -0.1) is 0 Å². The normalized spacial score (nSPS) is 14.9. The van der Waals surface area contributed by atoms with Crippen LogP contribution in [0.5, 0.6) is 5.75 Å². The van der Waals surface area contributed by atoms with Crippen molar-refractivity contribution in [2.75, 3.05) is 24.6 Å². The van der Waals surface area contributed by atoms with E-state index in [9.17, 15) is 4.79 Å². The molecule has 0 bridgehead atoms. The summed E-state index contributed by atoms with van der Waals surface area (Å²) < 4.78 is 5.42. The van der Waals surface area contributed by atoms with E-state index in [2.05, 4.69) is 22.1 Å². The first-order chi connectivity index (χ1) is 13.0. The molecule has 1 aliphatic heterocycles. The Hall–Kier alpha value is -1.98. The quantitative estimate of drug-likeness (QED) is 0.774. The summed E-state index contributed by atoms with van der Waals surface area (Å²) in [5.41, 5.74) is 0.951. The lowest BCUT2D eigenvalue weighted by molar-refractivity contribution is -0.123. The predicted octanol–water partition coefficient (Wildman–Crippen LogP) is 4.32. The van der Waals surface area contributed by atoms with Gasteiger partial charge in [0.15, 0.2) is 6.61 Å². The number of rotatable bonds is 6. The third kappa shape index (κ3) is 5.75. The van der Waals surface area contributed by atoms with Crippen LogP contribution in [0, 0.1) is 5.92 Å². The highest BCUT2D eigenvalue weighted by Crippen LogP contribution is 2.26. The minimum Gasteiger partial charge on any atom is -0.484 e. The van der Waals surface area contributed by atoms with Gasteiger partial charge in [-0.05, 0) is 42.5 Å². The van der Waals surface area contributed by atoms with Crippen molar-refractivity contribution >= 4 is 34.9 Å². The summed E-state index contributed by atoms with van der Waals surface area (Å²) in [5, 5.41) is 3.66. The number of halogens is 2. The summed E-state index contributed by atoms with van der Waals surface area (Å²) in [7, 11) is 0. The SMILES string of the molecule is CC1CCN(c2ccc(CNC(=O)COc3ccc(Cl)c(Cl)c3)cn2)CC1. The molecular formula is C20H23Cl2N3O2. The Kier molecular flexibility index (Phi) is 6.80. The van der Waals surface area contributed by atoms with Gasteiger partial charge in [-0.1, -0.05) is 36.2 Å². The maximum atomic E-state index is 12.0. The fourth-order valence-electron chi connectivity index (χ4n) is 2.91. The summed E-state index contributed by atoms with van der Waals surface area (Å²) in [6.07, 6.45) is 4.23. The second-order valence-corrected chi connectivity index (χ2v) is 7.65. The maximum Gasteiger partial charge on any atom is 0.258 e. The van der Waals surface area contributed by atoms with Crippen LogP contribution >= 0.6 is 23.2 Å². The van der Waals surface area contributed by atoms with E-state index in [1.54, 1.807) is 18.2 Å². The van der Waals surface area contributed by atoms with Crippen LogP contribution < -0.4 is 15.0 Å². The second kappa shape index (κ2) is 9.29.